The third-order valence-corrected chi connectivity index (χ3v) is 5.40. The highest BCUT2D eigenvalue weighted by molar-refractivity contribution is 6.07. The largest absolute Gasteiger partial charge is 0.306 e. The lowest BCUT2D eigenvalue weighted by Gasteiger charge is -2.17. The van der Waals surface area contributed by atoms with Gasteiger partial charge in [0.05, 0.1) is 5.69 Å². The average Bonchev–Trinajstić information content (AvgIpc) is 3.38. The fourth-order valence-corrected chi connectivity index (χ4v) is 3.89. The summed E-state index contributed by atoms with van der Waals surface area (Å²) in [4.78, 5) is 19.2. The predicted octanol–water partition coefficient (Wildman–Crippen LogP) is 4.35. The second-order valence-corrected chi connectivity index (χ2v) is 7.19. The zero-order valence-electron chi connectivity index (χ0n) is 16.1. The smallest absolute Gasteiger partial charge is 0.276 e. The van der Waals surface area contributed by atoms with Gasteiger partial charge in [-0.05, 0) is 53.4 Å². The van der Waals surface area contributed by atoms with Crippen LogP contribution in [0, 0.1) is 0 Å². The Bertz CT molecular complexity index is 1180. The van der Waals surface area contributed by atoms with Crippen LogP contribution in [-0.4, -0.2) is 27.2 Å². The van der Waals surface area contributed by atoms with Crippen molar-refractivity contribution in [3.8, 4) is 22.4 Å². The Kier molecular flexibility index (Phi) is 4.21. The van der Waals surface area contributed by atoms with Gasteiger partial charge in [0.15, 0.2) is 0 Å². The maximum Gasteiger partial charge on any atom is 0.276 e. The van der Waals surface area contributed by atoms with E-state index in [-0.39, 0.29) is 5.91 Å². The van der Waals surface area contributed by atoms with Crippen molar-refractivity contribution in [3.05, 3.63) is 90.4 Å². The molecule has 4 aromatic rings. The Hall–Kier alpha value is -3.73. The van der Waals surface area contributed by atoms with Crippen LogP contribution < -0.4 is 4.90 Å². The maximum atomic E-state index is 13.3. The fraction of sp³-hybridized carbons (Fsp3) is 0.125. The van der Waals surface area contributed by atoms with Crippen LogP contribution in [0.3, 0.4) is 0 Å². The van der Waals surface area contributed by atoms with Crippen molar-refractivity contribution in [2.75, 3.05) is 11.4 Å². The molecule has 5 nitrogen and oxygen atoms in total. The molecule has 0 bridgehead atoms. The third kappa shape index (κ3) is 3.10. The van der Waals surface area contributed by atoms with Crippen LogP contribution in [0.5, 0.6) is 0 Å². The molecule has 1 amide bonds. The summed E-state index contributed by atoms with van der Waals surface area (Å²) in [5, 5.41) is 4.55. The Morgan fingerprint density at radius 2 is 1.69 bits per heavy atom. The number of benzene rings is 2. The molecule has 0 saturated heterocycles. The normalized spacial score (nSPS) is 12.8. The second-order valence-electron chi connectivity index (χ2n) is 7.19. The molecule has 5 rings (SSSR count). The molecule has 29 heavy (non-hydrogen) atoms. The van der Waals surface area contributed by atoms with Crippen LogP contribution in [0.15, 0.2) is 79.1 Å². The quantitative estimate of drug-likeness (QED) is 0.531. The molecule has 1 aliphatic rings. The molecular formula is C24H20N4O. The topological polar surface area (TPSA) is 51.0 Å². The Morgan fingerprint density at radius 3 is 2.48 bits per heavy atom. The summed E-state index contributed by atoms with van der Waals surface area (Å²) in [6, 6.07) is 22.1. The molecule has 2 aromatic carbocycles. The molecule has 2 aromatic heterocycles. The molecule has 5 heteroatoms. The SMILES string of the molecule is Cn1nc(-c2ccccc2)cc1C(=O)N1CCc2cc(-c3ccncc3)ccc21. The van der Waals surface area contributed by atoms with Crippen molar-refractivity contribution >= 4 is 11.6 Å². The van der Waals surface area contributed by atoms with Crippen molar-refractivity contribution in [1.29, 1.82) is 0 Å². The molecule has 0 radical (unpaired) electrons. The lowest BCUT2D eigenvalue weighted by molar-refractivity contribution is 0.0980. The van der Waals surface area contributed by atoms with E-state index in [1.54, 1.807) is 17.1 Å². The van der Waals surface area contributed by atoms with E-state index in [0.717, 1.165) is 34.5 Å². The summed E-state index contributed by atoms with van der Waals surface area (Å²) in [7, 11) is 1.82. The van der Waals surface area contributed by atoms with Gasteiger partial charge in [0, 0.05) is 37.2 Å². The van der Waals surface area contributed by atoms with E-state index < -0.39 is 0 Å². The molecule has 0 aliphatic carbocycles. The standard InChI is InChI=1S/C24H20N4O/c1-27-23(16-21(26-27)18-5-3-2-4-6-18)24(29)28-14-11-20-15-19(7-8-22(20)28)17-9-12-25-13-10-17/h2-10,12-13,15-16H,11,14H2,1H3. The summed E-state index contributed by atoms with van der Waals surface area (Å²) in [6.45, 7) is 0.680. The highest BCUT2D eigenvalue weighted by Gasteiger charge is 2.28. The van der Waals surface area contributed by atoms with Gasteiger partial charge < -0.3 is 4.90 Å². The lowest BCUT2D eigenvalue weighted by atomic mass is 10.0. The molecule has 0 saturated carbocycles. The van der Waals surface area contributed by atoms with E-state index >= 15 is 0 Å². The summed E-state index contributed by atoms with van der Waals surface area (Å²) in [6.07, 6.45) is 4.44. The number of hydrogen-bond donors (Lipinski definition) is 0. The number of rotatable bonds is 3. The first-order valence-corrected chi connectivity index (χ1v) is 9.65. The fourth-order valence-electron chi connectivity index (χ4n) is 3.89. The Labute approximate surface area is 169 Å². The summed E-state index contributed by atoms with van der Waals surface area (Å²) in [5.74, 6) is -0.0161. The number of pyridine rings is 1. The van der Waals surface area contributed by atoms with Crippen molar-refractivity contribution < 1.29 is 4.79 Å². The van der Waals surface area contributed by atoms with Crippen LogP contribution in [0.2, 0.25) is 0 Å². The van der Waals surface area contributed by atoms with E-state index in [2.05, 4.69) is 22.2 Å². The van der Waals surface area contributed by atoms with Crippen molar-refractivity contribution in [1.82, 2.24) is 14.8 Å². The van der Waals surface area contributed by atoms with Gasteiger partial charge in [-0.15, -0.1) is 0 Å². The van der Waals surface area contributed by atoms with Gasteiger partial charge in [-0.1, -0.05) is 36.4 Å². The first-order chi connectivity index (χ1) is 14.2. The van der Waals surface area contributed by atoms with Crippen LogP contribution in [0.25, 0.3) is 22.4 Å². The molecule has 0 spiro atoms. The minimum Gasteiger partial charge on any atom is -0.306 e. The number of carbonyl (C=O) groups excluding carboxylic acids is 1. The van der Waals surface area contributed by atoms with Crippen molar-refractivity contribution in [2.45, 2.75) is 6.42 Å². The van der Waals surface area contributed by atoms with Gasteiger partial charge in [-0.2, -0.15) is 5.10 Å². The maximum absolute atomic E-state index is 13.3. The van der Waals surface area contributed by atoms with Gasteiger partial charge in [-0.25, -0.2) is 0 Å². The molecule has 0 N–H and O–H groups in total. The van der Waals surface area contributed by atoms with Crippen LogP contribution in [-0.2, 0) is 13.5 Å². The van der Waals surface area contributed by atoms with Crippen LogP contribution in [0.4, 0.5) is 5.69 Å². The number of aromatic nitrogens is 3. The van der Waals surface area contributed by atoms with Gasteiger partial charge in [-0.3, -0.25) is 14.5 Å². The van der Waals surface area contributed by atoms with E-state index in [1.165, 1.54) is 5.56 Å². The van der Waals surface area contributed by atoms with E-state index in [9.17, 15) is 4.79 Å². The minimum atomic E-state index is -0.0161. The zero-order chi connectivity index (χ0) is 19.8. The zero-order valence-corrected chi connectivity index (χ0v) is 16.1. The summed E-state index contributed by atoms with van der Waals surface area (Å²) < 4.78 is 1.67. The van der Waals surface area contributed by atoms with Crippen molar-refractivity contribution in [2.24, 2.45) is 7.05 Å². The summed E-state index contributed by atoms with van der Waals surface area (Å²) in [5.41, 5.74) is 6.86. The third-order valence-electron chi connectivity index (χ3n) is 5.40. The lowest BCUT2D eigenvalue weighted by Crippen LogP contribution is -2.30. The monoisotopic (exact) mass is 380 g/mol. The van der Waals surface area contributed by atoms with Crippen molar-refractivity contribution in [3.63, 3.8) is 0 Å². The minimum absolute atomic E-state index is 0.0161. The second kappa shape index (κ2) is 7.02. The number of hydrogen-bond acceptors (Lipinski definition) is 3. The molecule has 0 atom stereocenters. The Morgan fingerprint density at radius 1 is 0.897 bits per heavy atom. The van der Waals surface area contributed by atoms with Crippen LogP contribution in [0.1, 0.15) is 16.1 Å². The molecule has 142 valence electrons. The Balaban J connectivity index is 1.45. The number of carbonyl (C=O) groups is 1. The molecule has 3 heterocycles. The molecule has 1 aliphatic heterocycles. The van der Waals surface area contributed by atoms with Gasteiger partial charge >= 0.3 is 0 Å². The number of aryl methyl sites for hydroxylation is 1. The van der Waals surface area contributed by atoms with E-state index in [4.69, 9.17) is 0 Å². The highest BCUT2D eigenvalue weighted by Crippen LogP contribution is 2.33. The van der Waals surface area contributed by atoms with Gasteiger partial charge in [0.1, 0.15) is 5.69 Å². The predicted molar refractivity (Wildman–Crippen MR) is 114 cm³/mol. The molecular weight excluding hydrogens is 360 g/mol. The number of anilines is 1. The van der Waals surface area contributed by atoms with Gasteiger partial charge in [0.2, 0.25) is 0 Å². The summed E-state index contributed by atoms with van der Waals surface area (Å²) >= 11 is 0. The highest BCUT2D eigenvalue weighted by atomic mass is 16.2. The first-order valence-electron chi connectivity index (χ1n) is 9.65. The number of fused-ring (bicyclic) bond motifs is 1. The first kappa shape index (κ1) is 17.4. The molecule has 0 fully saturated rings. The molecule has 0 unspecified atom stereocenters. The number of nitrogens with zero attached hydrogens (tertiary/aromatic N) is 4. The van der Waals surface area contributed by atoms with E-state index in [0.29, 0.717) is 12.2 Å². The number of amides is 1. The average molecular weight is 380 g/mol. The van der Waals surface area contributed by atoms with Crippen LogP contribution >= 0.6 is 0 Å². The van der Waals surface area contributed by atoms with E-state index in [1.807, 2.05) is 66.5 Å². The van der Waals surface area contributed by atoms with Gasteiger partial charge in [0.25, 0.3) is 5.91 Å².